The van der Waals surface area contributed by atoms with Gasteiger partial charge in [0.2, 0.25) is 0 Å². The molecule has 0 saturated heterocycles. The van der Waals surface area contributed by atoms with Gasteiger partial charge in [-0.1, -0.05) is 0 Å². The number of aromatic amines is 1. The smallest absolute Gasteiger partial charge is 0.335 e. The van der Waals surface area contributed by atoms with E-state index >= 15 is 0 Å². The first-order valence-electron chi connectivity index (χ1n) is 4.35. The van der Waals surface area contributed by atoms with Gasteiger partial charge in [0.1, 0.15) is 0 Å². The molecule has 1 aromatic heterocycles. The van der Waals surface area contributed by atoms with Crippen LogP contribution in [0.2, 0.25) is 0 Å². The molecule has 0 aliphatic rings. The molecule has 0 aliphatic heterocycles. The Morgan fingerprint density at radius 2 is 2.00 bits per heavy atom. The van der Waals surface area contributed by atoms with Crippen molar-refractivity contribution in [2.24, 2.45) is 0 Å². The van der Waals surface area contributed by atoms with Crippen LogP contribution in [0.4, 0.5) is 11.4 Å². The Balaban J connectivity index is 2.14. The van der Waals surface area contributed by atoms with Gasteiger partial charge < -0.3 is 10.4 Å². The first-order chi connectivity index (χ1) is 7.25. The number of carboxylic acids is 1. The van der Waals surface area contributed by atoms with Gasteiger partial charge in [0.15, 0.2) is 0 Å². The first kappa shape index (κ1) is 9.26. The molecule has 1 heterocycles. The molecule has 5 heteroatoms. The summed E-state index contributed by atoms with van der Waals surface area (Å²) in [4.78, 5) is 10.6. The second kappa shape index (κ2) is 3.83. The highest BCUT2D eigenvalue weighted by molar-refractivity contribution is 5.88. The van der Waals surface area contributed by atoms with Gasteiger partial charge in [0, 0.05) is 11.9 Å². The molecule has 0 fully saturated rings. The average Bonchev–Trinajstić information content (AvgIpc) is 2.71. The van der Waals surface area contributed by atoms with Crippen LogP contribution < -0.4 is 5.32 Å². The minimum absolute atomic E-state index is 0.271. The van der Waals surface area contributed by atoms with E-state index in [1.54, 1.807) is 36.7 Å². The number of rotatable bonds is 3. The van der Waals surface area contributed by atoms with E-state index in [-0.39, 0.29) is 5.56 Å². The summed E-state index contributed by atoms with van der Waals surface area (Å²) in [6.07, 6.45) is 3.36. The zero-order valence-corrected chi connectivity index (χ0v) is 7.77. The molecule has 0 unspecified atom stereocenters. The van der Waals surface area contributed by atoms with Gasteiger partial charge in [0.25, 0.3) is 0 Å². The molecule has 0 spiro atoms. The van der Waals surface area contributed by atoms with Gasteiger partial charge in [-0.15, -0.1) is 0 Å². The number of carbonyl (C=O) groups is 1. The maximum Gasteiger partial charge on any atom is 0.335 e. The molecule has 0 radical (unpaired) electrons. The number of hydrogen-bond donors (Lipinski definition) is 3. The summed E-state index contributed by atoms with van der Waals surface area (Å²) in [5.41, 5.74) is 1.92. The topological polar surface area (TPSA) is 78.0 Å². The van der Waals surface area contributed by atoms with E-state index in [2.05, 4.69) is 15.5 Å². The van der Waals surface area contributed by atoms with E-state index in [4.69, 9.17) is 5.11 Å². The van der Waals surface area contributed by atoms with Crippen molar-refractivity contribution in [3.8, 4) is 0 Å². The second-order valence-electron chi connectivity index (χ2n) is 2.99. The highest BCUT2D eigenvalue weighted by Gasteiger charge is 2.01. The predicted molar refractivity (Wildman–Crippen MR) is 55.3 cm³/mol. The Hall–Kier alpha value is -2.30. The third kappa shape index (κ3) is 2.14. The number of nitrogens with zero attached hydrogens (tertiary/aromatic N) is 1. The van der Waals surface area contributed by atoms with Crippen LogP contribution in [0.15, 0.2) is 36.7 Å². The number of benzene rings is 1. The number of nitrogens with one attached hydrogen (secondary N) is 2. The van der Waals surface area contributed by atoms with Crippen LogP contribution in [0.1, 0.15) is 10.4 Å². The molecule has 2 rings (SSSR count). The van der Waals surface area contributed by atoms with Crippen molar-refractivity contribution in [3.63, 3.8) is 0 Å². The standard InChI is InChI=1S/C10H9N3O2/c14-10(15)7-1-3-8(4-2-7)13-9-5-11-12-6-9/h1-6,13H,(H,11,12)(H,14,15). The van der Waals surface area contributed by atoms with Gasteiger partial charge in [-0.25, -0.2) is 4.79 Å². The number of aromatic carboxylic acids is 1. The average molecular weight is 203 g/mol. The van der Waals surface area contributed by atoms with E-state index in [0.29, 0.717) is 0 Å². The molecule has 2 aromatic rings. The van der Waals surface area contributed by atoms with E-state index in [1.807, 2.05) is 0 Å². The van der Waals surface area contributed by atoms with Crippen molar-refractivity contribution >= 4 is 17.3 Å². The van der Waals surface area contributed by atoms with E-state index in [9.17, 15) is 4.79 Å². The quantitative estimate of drug-likeness (QED) is 0.711. The molecule has 3 N–H and O–H groups in total. The van der Waals surface area contributed by atoms with Gasteiger partial charge in [0.05, 0.1) is 17.4 Å². The van der Waals surface area contributed by atoms with Crippen molar-refractivity contribution in [2.75, 3.05) is 5.32 Å². The Morgan fingerprint density at radius 1 is 1.27 bits per heavy atom. The summed E-state index contributed by atoms with van der Waals surface area (Å²) < 4.78 is 0. The molecular weight excluding hydrogens is 194 g/mol. The molecule has 5 nitrogen and oxygen atoms in total. The summed E-state index contributed by atoms with van der Waals surface area (Å²) in [7, 11) is 0. The second-order valence-corrected chi connectivity index (χ2v) is 2.99. The summed E-state index contributed by atoms with van der Waals surface area (Å²) in [5.74, 6) is -0.926. The van der Waals surface area contributed by atoms with Gasteiger partial charge in [-0.3, -0.25) is 5.10 Å². The van der Waals surface area contributed by atoms with Crippen LogP contribution >= 0.6 is 0 Å². The van der Waals surface area contributed by atoms with Crippen LogP contribution in [0.25, 0.3) is 0 Å². The Labute approximate surface area is 85.8 Å². The molecule has 0 atom stereocenters. The van der Waals surface area contributed by atoms with Crippen molar-refractivity contribution < 1.29 is 9.90 Å². The van der Waals surface area contributed by atoms with Crippen molar-refractivity contribution in [1.29, 1.82) is 0 Å². The van der Waals surface area contributed by atoms with Gasteiger partial charge in [-0.05, 0) is 24.3 Å². The van der Waals surface area contributed by atoms with Crippen LogP contribution in [0, 0.1) is 0 Å². The zero-order chi connectivity index (χ0) is 10.7. The number of carboxylic acid groups (broad SMARTS) is 1. The SMILES string of the molecule is O=C(O)c1ccc(Nc2cn[nH]c2)cc1. The van der Waals surface area contributed by atoms with Crippen molar-refractivity contribution in [1.82, 2.24) is 10.2 Å². The minimum atomic E-state index is -0.926. The van der Waals surface area contributed by atoms with Crippen LogP contribution in [-0.2, 0) is 0 Å². The number of H-pyrrole nitrogens is 1. The third-order valence-electron chi connectivity index (χ3n) is 1.92. The molecule has 0 amide bonds. The Bertz CT molecular complexity index is 448. The Kier molecular flexibility index (Phi) is 2.37. The lowest BCUT2D eigenvalue weighted by atomic mass is 10.2. The summed E-state index contributed by atoms with van der Waals surface area (Å²) in [6, 6.07) is 6.50. The summed E-state index contributed by atoms with van der Waals surface area (Å²) in [6.45, 7) is 0. The molecule has 0 aliphatic carbocycles. The highest BCUT2D eigenvalue weighted by Crippen LogP contribution is 2.15. The fourth-order valence-electron chi connectivity index (χ4n) is 1.18. The molecule has 1 aromatic carbocycles. The maximum atomic E-state index is 10.6. The van der Waals surface area contributed by atoms with Crippen molar-refractivity contribution in [2.45, 2.75) is 0 Å². The van der Waals surface area contributed by atoms with Crippen LogP contribution in [0.5, 0.6) is 0 Å². The lowest BCUT2D eigenvalue weighted by molar-refractivity contribution is 0.0697. The number of hydrogen-bond acceptors (Lipinski definition) is 3. The normalized spacial score (nSPS) is 9.87. The fourth-order valence-corrected chi connectivity index (χ4v) is 1.18. The first-order valence-corrected chi connectivity index (χ1v) is 4.35. The molecule has 15 heavy (non-hydrogen) atoms. The van der Waals surface area contributed by atoms with Crippen molar-refractivity contribution in [3.05, 3.63) is 42.2 Å². The monoisotopic (exact) mass is 203 g/mol. The highest BCUT2D eigenvalue weighted by atomic mass is 16.4. The molecular formula is C10H9N3O2. The van der Waals surface area contributed by atoms with Crippen LogP contribution in [-0.4, -0.2) is 21.3 Å². The third-order valence-corrected chi connectivity index (χ3v) is 1.92. The summed E-state index contributed by atoms with van der Waals surface area (Å²) >= 11 is 0. The van der Waals surface area contributed by atoms with E-state index in [1.165, 1.54) is 0 Å². The lowest BCUT2D eigenvalue weighted by Crippen LogP contribution is -1.96. The zero-order valence-electron chi connectivity index (χ0n) is 7.77. The van der Waals surface area contributed by atoms with Gasteiger partial charge >= 0.3 is 5.97 Å². The minimum Gasteiger partial charge on any atom is -0.478 e. The summed E-state index contributed by atoms with van der Waals surface area (Å²) in [5, 5.41) is 18.2. The fraction of sp³-hybridized carbons (Fsp3) is 0. The number of aromatic nitrogens is 2. The maximum absolute atomic E-state index is 10.6. The van der Waals surface area contributed by atoms with Crippen LogP contribution in [0.3, 0.4) is 0 Å². The number of anilines is 2. The lowest BCUT2D eigenvalue weighted by Gasteiger charge is -2.02. The van der Waals surface area contributed by atoms with E-state index < -0.39 is 5.97 Å². The largest absolute Gasteiger partial charge is 0.478 e. The molecule has 0 bridgehead atoms. The van der Waals surface area contributed by atoms with E-state index in [0.717, 1.165) is 11.4 Å². The molecule has 0 saturated carbocycles. The Morgan fingerprint density at radius 3 is 2.53 bits per heavy atom. The molecule has 76 valence electrons. The van der Waals surface area contributed by atoms with Gasteiger partial charge in [-0.2, -0.15) is 5.10 Å². The predicted octanol–water partition coefficient (Wildman–Crippen LogP) is 1.85.